The average Bonchev–Trinajstić information content (AvgIpc) is 2.98. The van der Waals surface area contributed by atoms with E-state index in [0.717, 1.165) is 24.8 Å². The molecule has 2 N–H and O–H groups in total. The van der Waals surface area contributed by atoms with Crippen molar-refractivity contribution < 1.29 is 9.59 Å². The molecule has 5 heteroatoms. The summed E-state index contributed by atoms with van der Waals surface area (Å²) in [6, 6.07) is 7.28. The van der Waals surface area contributed by atoms with E-state index in [2.05, 4.69) is 10.6 Å². The van der Waals surface area contributed by atoms with E-state index in [-0.39, 0.29) is 11.8 Å². The summed E-state index contributed by atoms with van der Waals surface area (Å²) in [7, 11) is 0. The minimum Gasteiger partial charge on any atom is -0.326 e. The van der Waals surface area contributed by atoms with Gasteiger partial charge in [-0.2, -0.15) is 0 Å². The molecule has 25 heavy (non-hydrogen) atoms. The van der Waals surface area contributed by atoms with Crippen molar-refractivity contribution in [3.63, 3.8) is 0 Å². The molecule has 0 unspecified atom stereocenters. The predicted molar refractivity (Wildman–Crippen MR) is 103 cm³/mol. The maximum Gasteiger partial charge on any atom is 0.256 e. The van der Waals surface area contributed by atoms with Gasteiger partial charge in [-0.1, -0.05) is 26.8 Å². The first-order chi connectivity index (χ1) is 11.8. The summed E-state index contributed by atoms with van der Waals surface area (Å²) in [4.78, 5) is 26.1. The van der Waals surface area contributed by atoms with Crippen LogP contribution in [0.25, 0.3) is 0 Å². The zero-order valence-electron chi connectivity index (χ0n) is 14.9. The van der Waals surface area contributed by atoms with E-state index in [4.69, 9.17) is 0 Å². The molecule has 0 atom stereocenters. The van der Waals surface area contributed by atoms with Gasteiger partial charge in [-0.05, 0) is 49.4 Å². The van der Waals surface area contributed by atoms with Gasteiger partial charge in [0, 0.05) is 27.0 Å². The molecule has 1 aromatic carbocycles. The number of carbonyl (C=O) groups is 2. The number of hydrogen-bond acceptors (Lipinski definition) is 3. The van der Waals surface area contributed by atoms with Gasteiger partial charge < -0.3 is 10.6 Å². The zero-order chi connectivity index (χ0) is 18.0. The molecule has 0 radical (unpaired) electrons. The van der Waals surface area contributed by atoms with Crippen molar-refractivity contribution in [1.29, 1.82) is 0 Å². The van der Waals surface area contributed by atoms with Gasteiger partial charge in [0.25, 0.3) is 5.91 Å². The molecule has 0 saturated heterocycles. The molecular weight excluding hydrogens is 332 g/mol. The second-order valence-electron chi connectivity index (χ2n) is 7.50. The highest BCUT2D eigenvalue weighted by molar-refractivity contribution is 7.10. The third-order valence-electron chi connectivity index (χ3n) is 4.37. The number of hydrogen-bond donors (Lipinski definition) is 2. The lowest BCUT2D eigenvalue weighted by molar-refractivity contribution is -0.123. The molecular formula is C20H24N2O2S. The largest absolute Gasteiger partial charge is 0.326 e. The van der Waals surface area contributed by atoms with Gasteiger partial charge in [-0.25, -0.2) is 0 Å². The van der Waals surface area contributed by atoms with Gasteiger partial charge >= 0.3 is 0 Å². The summed E-state index contributed by atoms with van der Waals surface area (Å²) in [6.07, 6.45) is 4.44. The van der Waals surface area contributed by atoms with Gasteiger partial charge in [0.05, 0.1) is 5.56 Å². The van der Waals surface area contributed by atoms with Crippen LogP contribution in [0.1, 0.15) is 54.4 Å². The molecule has 2 amide bonds. The Morgan fingerprint density at radius 2 is 1.72 bits per heavy atom. The van der Waals surface area contributed by atoms with Crippen molar-refractivity contribution in [2.45, 2.75) is 46.5 Å². The molecule has 0 saturated carbocycles. The van der Waals surface area contributed by atoms with E-state index >= 15 is 0 Å². The fourth-order valence-corrected chi connectivity index (χ4v) is 4.00. The van der Waals surface area contributed by atoms with Gasteiger partial charge in [0.2, 0.25) is 5.91 Å². The number of anilines is 2. The van der Waals surface area contributed by atoms with Crippen LogP contribution in [0.2, 0.25) is 0 Å². The van der Waals surface area contributed by atoms with Crippen molar-refractivity contribution in [3.05, 3.63) is 45.6 Å². The number of benzene rings is 1. The van der Waals surface area contributed by atoms with Crippen LogP contribution in [0.4, 0.5) is 11.4 Å². The number of aryl methyl sites for hydroxylation is 1. The molecule has 1 aliphatic rings. The number of rotatable bonds is 3. The van der Waals surface area contributed by atoms with Crippen LogP contribution in [0, 0.1) is 5.41 Å². The molecule has 0 aliphatic heterocycles. The Labute approximate surface area is 152 Å². The van der Waals surface area contributed by atoms with Crippen LogP contribution in [0.3, 0.4) is 0 Å². The molecule has 132 valence electrons. The highest BCUT2D eigenvalue weighted by Crippen LogP contribution is 2.31. The Kier molecular flexibility index (Phi) is 4.95. The first kappa shape index (κ1) is 17.7. The van der Waals surface area contributed by atoms with Gasteiger partial charge in [-0.3, -0.25) is 9.59 Å². The number of fused-ring (bicyclic) bond motifs is 1. The number of thiophene rings is 1. The highest BCUT2D eigenvalue weighted by atomic mass is 32.1. The quantitative estimate of drug-likeness (QED) is 0.825. The monoisotopic (exact) mass is 356 g/mol. The second kappa shape index (κ2) is 7.00. The van der Waals surface area contributed by atoms with E-state index in [0.29, 0.717) is 11.4 Å². The minimum atomic E-state index is -0.463. The summed E-state index contributed by atoms with van der Waals surface area (Å²) in [5.41, 5.74) is 2.92. The SMILES string of the molecule is CC(C)(C)C(=O)Nc1cccc(NC(=O)c2csc3c2CCCC3)c1. The molecule has 2 aromatic rings. The van der Waals surface area contributed by atoms with Crippen molar-refractivity contribution in [3.8, 4) is 0 Å². The lowest BCUT2D eigenvalue weighted by Crippen LogP contribution is -2.27. The number of nitrogens with one attached hydrogen (secondary N) is 2. The smallest absolute Gasteiger partial charge is 0.256 e. The van der Waals surface area contributed by atoms with Gasteiger partial charge in [-0.15, -0.1) is 11.3 Å². The first-order valence-electron chi connectivity index (χ1n) is 8.67. The van der Waals surface area contributed by atoms with E-state index < -0.39 is 5.41 Å². The maximum atomic E-state index is 12.6. The Bertz CT molecular complexity index is 802. The van der Waals surface area contributed by atoms with Crippen LogP contribution in [0.5, 0.6) is 0 Å². The third-order valence-corrected chi connectivity index (χ3v) is 5.45. The molecule has 0 bridgehead atoms. The summed E-state index contributed by atoms with van der Waals surface area (Å²) >= 11 is 1.69. The zero-order valence-corrected chi connectivity index (χ0v) is 15.8. The standard InChI is InChI=1S/C20H24N2O2S/c1-20(2,3)19(24)22-14-8-6-7-13(11-14)21-18(23)16-12-25-17-10-5-4-9-15(16)17/h6-8,11-12H,4-5,9-10H2,1-3H3,(H,21,23)(H,22,24). The van der Waals surface area contributed by atoms with E-state index in [1.807, 2.05) is 44.4 Å². The van der Waals surface area contributed by atoms with Gasteiger partial charge in [0.1, 0.15) is 0 Å². The molecule has 1 heterocycles. The van der Waals surface area contributed by atoms with E-state index in [1.54, 1.807) is 17.4 Å². The first-order valence-corrected chi connectivity index (χ1v) is 9.54. The highest BCUT2D eigenvalue weighted by Gasteiger charge is 2.22. The lowest BCUT2D eigenvalue weighted by Gasteiger charge is -2.18. The van der Waals surface area contributed by atoms with Crippen molar-refractivity contribution >= 4 is 34.5 Å². The third kappa shape index (κ3) is 4.10. The van der Waals surface area contributed by atoms with E-state index in [9.17, 15) is 9.59 Å². The van der Waals surface area contributed by atoms with Crippen LogP contribution < -0.4 is 10.6 Å². The predicted octanol–water partition coefficient (Wildman–Crippen LogP) is 4.86. The minimum absolute atomic E-state index is 0.0529. The Hall–Kier alpha value is -2.14. The van der Waals surface area contributed by atoms with Crippen molar-refractivity contribution in [2.75, 3.05) is 10.6 Å². The summed E-state index contributed by atoms with van der Waals surface area (Å²) < 4.78 is 0. The summed E-state index contributed by atoms with van der Waals surface area (Å²) in [5.74, 6) is -0.124. The summed E-state index contributed by atoms with van der Waals surface area (Å²) in [6.45, 7) is 5.61. The Morgan fingerprint density at radius 3 is 2.44 bits per heavy atom. The number of amides is 2. The van der Waals surface area contributed by atoms with Crippen LogP contribution >= 0.6 is 11.3 Å². The Balaban J connectivity index is 1.73. The van der Waals surface area contributed by atoms with E-state index in [1.165, 1.54) is 16.9 Å². The topological polar surface area (TPSA) is 58.2 Å². The molecule has 3 rings (SSSR count). The van der Waals surface area contributed by atoms with Crippen molar-refractivity contribution in [2.24, 2.45) is 5.41 Å². The average molecular weight is 356 g/mol. The van der Waals surface area contributed by atoms with Crippen LogP contribution in [0.15, 0.2) is 29.6 Å². The summed E-state index contributed by atoms with van der Waals surface area (Å²) in [5, 5.41) is 7.82. The molecule has 1 aromatic heterocycles. The molecule has 1 aliphatic carbocycles. The maximum absolute atomic E-state index is 12.6. The van der Waals surface area contributed by atoms with Gasteiger partial charge in [0.15, 0.2) is 0 Å². The Morgan fingerprint density at radius 1 is 1.04 bits per heavy atom. The molecule has 0 spiro atoms. The molecule has 4 nitrogen and oxygen atoms in total. The fourth-order valence-electron chi connectivity index (χ4n) is 2.88. The van der Waals surface area contributed by atoms with Crippen LogP contribution in [-0.4, -0.2) is 11.8 Å². The normalized spacial score (nSPS) is 13.9. The second-order valence-corrected chi connectivity index (χ2v) is 8.46. The molecule has 0 fully saturated rings. The number of carbonyl (C=O) groups excluding carboxylic acids is 2. The van der Waals surface area contributed by atoms with Crippen molar-refractivity contribution in [1.82, 2.24) is 0 Å². The van der Waals surface area contributed by atoms with Crippen LogP contribution in [-0.2, 0) is 17.6 Å². The fraction of sp³-hybridized carbons (Fsp3) is 0.400. The lowest BCUT2D eigenvalue weighted by atomic mass is 9.95.